The maximum atomic E-state index is 11.8. The number of amides is 1. The molecule has 0 aromatic heterocycles. The zero-order valence-electron chi connectivity index (χ0n) is 8.69. The van der Waals surface area contributed by atoms with Crippen molar-refractivity contribution < 1.29 is 13.2 Å². The van der Waals surface area contributed by atoms with E-state index in [0.717, 1.165) is 17.9 Å². The highest BCUT2D eigenvalue weighted by molar-refractivity contribution is 7.99. The molecular formula is C9H14ClNO3S2. The normalized spacial score (nSPS) is 37.4. The van der Waals surface area contributed by atoms with Crippen molar-refractivity contribution in [3.05, 3.63) is 0 Å². The summed E-state index contributed by atoms with van der Waals surface area (Å²) in [7, 11) is -3.07. The second-order valence-electron chi connectivity index (χ2n) is 4.27. The van der Waals surface area contributed by atoms with Crippen LogP contribution in [0.5, 0.6) is 0 Å². The predicted molar refractivity (Wildman–Crippen MR) is 65.7 cm³/mol. The minimum Gasteiger partial charge on any atom is -0.351 e. The Balaban J connectivity index is 1.92. The summed E-state index contributed by atoms with van der Waals surface area (Å²) in [4.78, 5) is 11.8. The zero-order valence-corrected chi connectivity index (χ0v) is 11.1. The molecule has 2 saturated heterocycles. The number of carbonyl (C=O) groups excluding carboxylic acids is 1. The number of alkyl halides is 1. The topological polar surface area (TPSA) is 63.2 Å². The van der Waals surface area contributed by atoms with Gasteiger partial charge in [-0.3, -0.25) is 4.79 Å². The van der Waals surface area contributed by atoms with Crippen LogP contribution in [-0.2, 0) is 14.6 Å². The van der Waals surface area contributed by atoms with E-state index in [1.54, 1.807) is 11.8 Å². The predicted octanol–water partition coefficient (Wildman–Crippen LogP) is 0.260. The number of hydrogen-bond acceptors (Lipinski definition) is 4. The molecule has 1 amide bonds. The average molecular weight is 284 g/mol. The Labute approximate surface area is 104 Å². The first-order chi connectivity index (χ1) is 7.48. The van der Waals surface area contributed by atoms with Crippen molar-refractivity contribution in [3.63, 3.8) is 0 Å². The number of hydrogen-bond donors (Lipinski definition) is 1. The number of halogens is 1. The van der Waals surface area contributed by atoms with Gasteiger partial charge in [-0.25, -0.2) is 8.42 Å². The Morgan fingerprint density at radius 3 is 2.62 bits per heavy atom. The summed E-state index contributed by atoms with van der Waals surface area (Å²) in [5, 5.41) is 2.28. The van der Waals surface area contributed by atoms with Gasteiger partial charge in [0.15, 0.2) is 9.84 Å². The first kappa shape index (κ1) is 12.5. The number of sulfone groups is 1. The van der Waals surface area contributed by atoms with E-state index in [-0.39, 0.29) is 23.3 Å². The number of rotatable bonds is 2. The average Bonchev–Trinajstić information content (AvgIpc) is 2.74. The lowest BCUT2D eigenvalue weighted by molar-refractivity contribution is -0.124. The molecule has 0 bridgehead atoms. The minimum absolute atomic E-state index is 0.0211. The lowest BCUT2D eigenvalue weighted by atomic mass is 10.1. The molecule has 2 aliphatic heterocycles. The van der Waals surface area contributed by atoms with Crippen molar-refractivity contribution in [1.29, 1.82) is 0 Å². The third kappa shape index (κ3) is 2.84. The van der Waals surface area contributed by atoms with Crippen LogP contribution in [0.25, 0.3) is 0 Å². The maximum absolute atomic E-state index is 11.8. The SMILES string of the molecule is O=C(NC1CS(=O)(=O)CC1Cl)C1CCSC1. The van der Waals surface area contributed by atoms with Gasteiger partial charge in [0.1, 0.15) is 0 Å². The summed E-state index contributed by atoms with van der Waals surface area (Å²) in [5.74, 6) is 1.77. The van der Waals surface area contributed by atoms with Crippen LogP contribution < -0.4 is 5.32 Å². The molecule has 92 valence electrons. The first-order valence-corrected chi connectivity index (χ1v) is 8.62. The molecule has 2 rings (SSSR count). The Kier molecular flexibility index (Phi) is 3.71. The fourth-order valence-electron chi connectivity index (χ4n) is 1.98. The van der Waals surface area contributed by atoms with Gasteiger partial charge >= 0.3 is 0 Å². The molecule has 2 aliphatic rings. The van der Waals surface area contributed by atoms with E-state index in [1.165, 1.54) is 0 Å². The van der Waals surface area contributed by atoms with Crippen LogP contribution in [0.1, 0.15) is 6.42 Å². The molecule has 0 aliphatic carbocycles. The van der Waals surface area contributed by atoms with Gasteiger partial charge in [0.05, 0.1) is 22.9 Å². The fraction of sp³-hybridized carbons (Fsp3) is 0.889. The summed E-state index contributed by atoms with van der Waals surface area (Å²) < 4.78 is 22.6. The van der Waals surface area contributed by atoms with Gasteiger partial charge in [-0.2, -0.15) is 11.8 Å². The third-order valence-corrected chi connectivity index (χ3v) is 6.45. The van der Waals surface area contributed by atoms with E-state index in [2.05, 4.69) is 5.32 Å². The maximum Gasteiger partial charge on any atom is 0.224 e. The molecule has 0 spiro atoms. The molecule has 0 radical (unpaired) electrons. The Bertz CT molecular complexity index is 378. The second-order valence-corrected chi connectivity index (χ2v) is 8.13. The van der Waals surface area contributed by atoms with E-state index in [9.17, 15) is 13.2 Å². The van der Waals surface area contributed by atoms with Crippen molar-refractivity contribution in [3.8, 4) is 0 Å². The van der Waals surface area contributed by atoms with Crippen LogP contribution in [0.3, 0.4) is 0 Å². The van der Waals surface area contributed by atoms with Gasteiger partial charge in [-0.15, -0.1) is 11.6 Å². The molecule has 0 saturated carbocycles. The van der Waals surface area contributed by atoms with Crippen LogP contribution >= 0.6 is 23.4 Å². The van der Waals surface area contributed by atoms with Crippen molar-refractivity contribution in [1.82, 2.24) is 5.32 Å². The van der Waals surface area contributed by atoms with Crippen LogP contribution in [-0.4, -0.2) is 48.8 Å². The molecule has 2 fully saturated rings. The van der Waals surface area contributed by atoms with Gasteiger partial charge in [0.25, 0.3) is 0 Å². The molecule has 3 unspecified atom stereocenters. The fourth-order valence-corrected chi connectivity index (χ4v) is 5.75. The van der Waals surface area contributed by atoms with E-state index in [0.29, 0.717) is 0 Å². The Morgan fingerprint density at radius 2 is 2.12 bits per heavy atom. The van der Waals surface area contributed by atoms with Crippen LogP contribution in [0.15, 0.2) is 0 Å². The van der Waals surface area contributed by atoms with Crippen molar-refractivity contribution >= 4 is 39.1 Å². The smallest absolute Gasteiger partial charge is 0.224 e. The van der Waals surface area contributed by atoms with E-state index < -0.39 is 21.3 Å². The summed E-state index contributed by atoms with van der Waals surface area (Å²) in [5.41, 5.74) is 0. The van der Waals surface area contributed by atoms with Gasteiger partial charge in [-0.05, 0) is 12.2 Å². The van der Waals surface area contributed by atoms with Gasteiger partial charge in [0.2, 0.25) is 5.91 Å². The first-order valence-electron chi connectivity index (χ1n) is 5.20. The monoisotopic (exact) mass is 283 g/mol. The molecule has 1 N–H and O–H groups in total. The standard InChI is InChI=1S/C9H14ClNO3S2/c10-7-4-16(13,14)5-8(7)11-9(12)6-1-2-15-3-6/h6-8H,1-5H2,(H,11,12). The summed E-state index contributed by atoms with van der Waals surface area (Å²) >= 11 is 7.67. The largest absolute Gasteiger partial charge is 0.351 e. The van der Waals surface area contributed by atoms with Crippen LogP contribution in [0.2, 0.25) is 0 Å². The second kappa shape index (κ2) is 4.74. The quantitative estimate of drug-likeness (QED) is 0.739. The summed E-state index contributed by atoms with van der Waals surface area (Å²) in [6.07, 6.45) is 0.878. The van der Waals surface area contributed by atoms with Crippen LogP contribution in [0, 0.1) is 5.92 Å². The lowest BCUT2D eigenvalue weighted by Crippen LogP contribution is -2.43. The Hall–Kier alpha value is 0.0600. The molecule has 16 heavy (non-hydrogen) atoms. The highest BCUT2D eigenvalue weighted by atomic mass is 35.5. The minimum atomic E-state index is -3.07. The van der Waals surface area contributed by atoms with E-state index >= 15 is 0 Å². The third-order valence-electron chi connectivity index (χ3n) is 2.91. The molecule has 3 atom stereocenters. The molecular weight excluding hydrogens is 270 g/mol. The van der Waals surface area contributed by atoms with Crippen molar-refractivity contribution in [2.75, 3.05) is 23.0 Å². The van der Waals surface area contributed by atoms with E-state index in [1.807, 2.05) is 0 Å². The van der Waals surface area contributed by atoms with Crippen LogP contribution in [0.4, 0.5) is 0 Å². The number of thioether (sulfide) groups is 1. The van der Waals surface area contributed by atoms with Gasteiger partial charge < -0.3 is 5.32 Å². The summed E-state index contributed by atoms with van der Waals surface area (Å²) in [6.45, 7) is 0. The molecule has 0 aromatic carbocycles. The number of nitrogens with one attached hydrogen (secondary N) is 1. The van der Waals surface area contributed by atoms with Gasteiger partial charge in [-0.1, -0.05) is 0 Å². The van der Waals surface area contributed by atoms with Crippen molar-refractivity contribution in [2.45, 2.75) is 17.8 Å². The van der Waals surface area contributed by atoms with E-state index in [4.69, 9.17) is 11.6 Å². The lowest BCUT2D eigenvalue weighted by Gasteiger charge is -2.16. The highest BCUT2D eigenvalue weighted by Crippen LogP contribution is 2.24. The zero-order chi connectivity index (χ0) is 11.8. The Morgan fingerprint density at radius 1 is 1.38 bits per heavy atom. The van der Waals surface area contributed by atoms with Gasteiger partial charge in [0, 0.05) is 11.7 Å². The molecule has 7 heteroatoms. The molecule has 0 aromatic rings. The number of carbonyl (C=O) groups is 1. The molecule has 4 nitrogen and oxygen atoms in total. The molecule has 2 heterocycles. The highest BCUT2D eigenvalue weighted by Gasteiger charge is 2.38. The summed E-state index contributed by atoms with van der Waals surface area (Å²) in [6, 6.07) is -0.412. The van der Waals surface area contributed by atoms with Crippen molar-refractivity contribution in [2.24, 2.45) is 5.92 Å².